The molecule has 0 spiro atoms. The van der Waals surface area contributed by atoms with Gasteiger partial charge in [-0.05, 0) is 20.3 Å². The fourth-order valence-corrected chi connectivity index (χ4v) is 5.71. The largest absolute Gasteiger partial charge is 1.00 e. The monoisotopic (exact) mass is 494 g/mol. The number of nitrogens with zero attached hydrogens (tertiary/aromatic N) is 1. The Hall–Kier alpha value is -0.570. The summed E-state index contributed by atoms with van der Waals surface area (Å²) in [5.41, 5.74) is 7.57. The summed E-state index contributed by atoms with van der Waals surface area (Å²) >= 11 is 0. The molecule has 0 aliphatic heterocycles. The molecular formula is C31H59ClN2. The van der Waals surface area contributed by atoms with Crippen molar-refractivity contribution in [3.63, 3.8) is 0 Å². The summed E-state index contributed by atoms with van der Waals surface area (Å²) in [4.78, 5) is 0. The smallest absolute Gasteiger partial charge is 0.115 e. The van der Waals surface area contributed by atoms with Crippen LogP contribution in [0, 0.1) is 0 Å². The third-order valence-corrected chi connectivity index (χ3v) is 8.01. The van der Waals surface area contributed by atoms with Crippen LogP contribution in [0.4, 0.5) is 0 Å². The molecule has 0 heterocycles. The summed E-state index contributed by atoms with van der Waals surface area (Å²) in [5, 5.41) is 0. The molecule has 0 saturated heterocycles. The van der Waals surface area contributed by atoms with Crippen LogP contribution in [0.25, 0.3) is 0 Å². The van der Waals surface area contributed by atoms with E-state index in [1.54, 1.807) is 0 Å². The Balaban J connectivity index is 0.0000109. The van der Waals surface area contributed by atoms with Crippen LogP contribution in [0.5, 0.6) is 0 Å². The molecule has 0 radical (unpaired) electrons. The zero-order chi connectivity index (χ0) is 24.0. The second-order valence-electron chi connectivity index (χ2n) is 10.4. The van der Waals surface area contributed by atoms with Gasteiger partial charge in [0.05, 0.1) is 19.6 Å². The van der Waals surface area contributed by atoms with Gasteiger partial charge in [0.1, 0.15) is 6.04 Å². The van der Waals surface area contributed by atoms with Crippen molar-refractivity contribution in [2.45, 2.75) is 136 Å². The van der Waals surface area contributed by atoms with Crippen molar-refractivity contribution in [3.8, 4) is 0 Å². The number of likely N-dealkylation sites (N-methyl/N-ethyl adjacent to an activating group) is 1. The van der Waals surface area contributed by atoms with E-state index in [0.717, 1.165) is 17.6 Å². The van der Waals surface area contributed by atoms with Crippen LogP contribution in [-0.2, 0) is 0 Å². The Morgan fingerprint density at radius 3 is 1.41 bits per heavy atom. The van der Waals surface area contributed by atoms with E-state index in [2.05, 4.69) is 51.1 Å². The average molecular weight is 495 g/mol. The fraction of sp³-hybridized carbons (Fsp3) is 0.806. The van der Waals surface area contributed by atoms with E-state index in [4.69, 9.17) is 5.73 Å². The number of quaternary nitrogens is 1. The predicted molar refractivity (Wildman–Crippen MR) is 149 cm³/mol. The van der Waals surface area contributed by atoms with Crippen molar-refractivity contribution in [2.24, 2.45) is 5.73 Å². The van der Waals surface area contributed by atoms with Crippen molar-refractivity contribution >= 4 is 0 Å². The Morgan fingerprint density at radius 1 is 0.618 bits per heavy atom. The van der Waals surface area contributed by atoms with Gasteiger partial charge >= 0.3 is 0 Å². The molecule has 0 saturated carbocycles. The molecule has 2 nitrogen and oxygen atoms in total. The number of nitrogens with two attached hydrogens (primary N) is 1. The molecule has 0 aliphatic rings. The average Bonchev–Trinajstić information content (AvgIpc) is 2.85. The van der Waals surface area contributed by atoms with Crippen LogP contribution in [0.3, 0.4) is 0 Å². The molecule has 3 heteroatoms. The van der Waals surface area contributed by atoms with Crippen molar-refractivity contribution in [1.82, 2.24) is 0 Å². The minimum Gasteiger partial charge on any atom is -1.00 e. The van der Waals surface area contributed by atoms with Gasteiger partial charge in [-0.15, -0.1) is 0 Å². The van der Waals surface area contributed by atoms with Crippen molar-refractivity contribution in [2.75, 3.05) is 26.2 Å². The topological polar surface area (TPSA) is 26.0 Å². The van der Waals surface area contributed by atoms with Gasteiger partial charge < -0.3 is 22.6 Å². The predicted octanol–water partition coefficient (Wildman–Crippen LogP) is 6.20. The molecule has 0 bridgehead atoms. The second kappa shape index (κ2) is 22.9. The zero-order valence-electron chi connectivity index (χ0n) is 23.2. The lowest BCUT2D eigenvalue weighted by molar-refractivity contribution is -0.953. The first-order chi connectivity index (χ1) is 16.2. The molecule has 1 rings (SSSR count). The van der Waals surface area contributed by atoms with Gasteiger partial charge in [-0.2, -0.15) is 0 Å². The van der Waals surface area contributed by atoms with Gasteiger partial charge in [0.15, 0.2) is 0 Å². The number of rotatable bonds is 23. The first-order valence-corrected chi connectivity index (χ1v) is 14.8. The minimum atomic E-state index is 0. The van der Waals surface area contributed by atoms with Crippen LogP contribution in [0.15, 0.2) is 30.3 Å². The van der Waals surface area contributed by atoms with Gasteiger partial charge in [0.25, 0.3) is 0 Å². The fourth-order valence-electron chi connectivity index (χ4n) is 5.71. The Kier molecular flexibility index (Phi) is 22.5. The van der Waals surface area contributed by atoms with Crippen LogP contribution >= 0.6 is 0 Å². The second-order valence-corrected chi connectivity index (χ2v) is 10.4. The maximum atomic E-state index is 6.06. The van der Waals surface area contributed by atoms with Crippen LogP contribution in [-0.4, -0.2) is 30.7 Å². The lowest BCUT2D eigenvalue weighted by atomic mass is 9.95. The van der Waals surface area contributed by atoms with Crippen molar-refractivity contribution < 1.29 is 16.9 Å². The van der Waals surface area contributed by atoms with Crippen LogP contribution < -0.4 is 18.1 Å². The molecule has 1 unspecified atom stereocenters. The quantitative estimate of drug-likeness (QED) is 0.142. The van der Waals surface area contributed by atoms with E-state index in [-0.39, 0.29) is 12.4 Å². The van der Waals surface area contributed by atoms with Gasteiger partial charge in [0.2, 0.25) is 0 Å². The molecule has 200 valence electrons. The van der Waals surface area contributed by atoms with Crippen molar-refractivity contribution in [1.29, 1.82) is 0 Å². The van der Waals surface area contributed by atoms with E-state index in [1.165, 1.54) is 128 Å². The Labute approximate surface area is 220 Å². The molecule has 34 heavy (non-hydrogen) atoms. The Morgan fingerprint density at radius 2 is 1.03 bits per heavy atom. The van der Waals surface area contributed by atoms with Gasteiger partial charge in [-0.1, -0.05) is 134 Å². The van der Waals surface area contributed by atoms with E-state index in [9.17, 15) is 0 Å². The molecule has 0 amide bonds. The third kappa shape index (κ3) is 14.1. The van der Waals surface area contributed by atoms with Gasteiger partial charge in [-0.25, -0.2) is 0 Å². The first-order valence-electron chi connectivity index (χ1n) is 14.8. The van der Waals surface area contributed by atoms with Crippen LogP contribution in [0.2, 0.25) is 0 Å². The number of benzene rings is 1. The maximum absolute atomic E-state index is 6.06. The highest BCUT2D eigenvalue weighted by atomic mass is 35.5. The summed E-state index contributed by atoms with van der Waals surface area (Å²) in [6, 6.07) is 11.8. The molecule has 0 fully saturated rings. The third-order valence-electron chi connectivity index (χ3n) is 8.01. The molecular weight excluding hydrogens is 436 g/mol. The normalized spacial score (nSPS) is 12.5. The molecule has 0 aromatic heterocycles. The van der Waals surface area contributed by atoms with E-state index >= 15 is 0 Å². The summed E-state index contributed by atoms with van der Waals surface area (Å²) < 4.78 is 1.14. The minimum absolute atomic E-state index is 0. The molecule has 2 N–H and O–H groups in total. The molecule has 1 aromatic rings. The summed E-state index contributed by atoms with van der Waals surface area (Å²) in [7, 11) is 0. The first kappa shape index (κ1) is 33.4. The van der Waals surface area contributed by atoms with E-state index in [1.807, 2.05) is 0 Å². The molecule has 0 aliphatic carbocycles. The lowest BCUT2D eigenvalue weighted by Gasteiger charge is -2.44. The summed E-state index contributed by atoms with van der Waals surface area (Å²) in [6.45, 7) is 11.2. The SMILES string of the molecule is CCCCCCCCCCCCCCCCCCC(c1ccccc1)[N+](CC)(CC)CCN.[Cl-]. The summed E-state index contributed by atoms with van der Waals surface area (Å²) in [6.07, 6.45) is 24.3. The number of halogens is 1. The molecule has 1 aromatic carbocycles. The number of hydrogen-bond donors (Lipinski definition) is 1. The zero-order valence-corrected chi connectivity index (χ0v) is 24.0. The van der Waals surface area contributed by atoms with Gasteiger partial charge in [0, 0.05) is 18.5 Å². The molecule has 1 atom stereocenters. The van der Waals surface area contributed by atoms with Gasteiger partial charge in [-0.3, -0.25) is 0 Å². The lowest BCUT2D eigenvalue weighted by Crippen LogP contribution is -3.00. The highest BCUT2D eigenvalue weighted by Gasteiger charge is 2.34. The number of hydrogen-bond acceptors (Lipinski definition) is 1. The Bertz CT molecular complexity index is 529. The van der Waals surface area contributed by atoms with E-state index in [0.29, 0.717) is 6.04 Å². The number of unbranched alkanes of at least 4 members (excludes halogenated alkanes) is 15. The van der Waals surface area contributed by atoms with E-state index < -0.39 is 0 Å². The maximum Gasteiger partial charge on any atom is 0.115 e. The summed E-state index contributed by atoms with van der Waals surface area (Å²) in [5.74, 6) is 0. The highest BCUT2D eigenvalue weighted by Crippen LogP contribution is 2.33. The highest BCUT2D eigenvalue weighted by molar-refractivity contribution is 5.17. The standard InChI is InChI=1S/C31H59N2.ClH/c1-4-7-8-9-10-11-12-13-14-15-16-17-18-19-20-24-27-31(30-25-22-21-23-26-30)33(5-2,6-3)29-28-32;/h21-23,25-26,31H,4-20,24,27-29,32H2,1-3H3;1H/q+1;/p-1. The van der Waals surface area contributed by atoms with Crippen LogP contribution in [0.1, 0.15) is 142 Å². The van der Waals surface area contributed by atoms with Crippen molar-refractivity contribution in [3.05, 3.63) is 35.9 Å².